The van der Waals surface area contributed by atoms with Crippen molar-refractivity contribution in [2.24, 2.45) is 0 Å². The average Bonchev–Trinajstić information content (AvgIpc) is 2.75. The number of halogens is 2. The quantitative estimate of drug-likeness (QED) is 0.883. The number of benzene rings is 2. The van der Waals surface area contributed by atoms with Gasteiger partial charge in [-0.1, -0.05) is 35.3 Å². The molecule has 5 heteroatoms. The summed E-state index contributed by atoms with van der Waals surface area (Å²) in [4.78, 5) is 12.1. The van der Waals surface area contributed by atoms with Crippen molar-refractivity contribution in [3.8, 4) is 0 Å². The minimum Gasteiger partial charge on any atom is -0.324 e. The van der Waals surface area contributed by atoms with Gasteiger partial charge in [-0.2, -0.15) is 0 Å². The van der Waals surface area contributed by atoms with Gasteiger partial charge in [0.1, 0.15) is 6.04 Å². The number of nitrogens with one attached hydrogen (secondary N) is 2. The van der Waals surface area contributed by atoms with E-state index in [1.807, 2.05) is 43.3 Å². The minimum absolute atomic E-state index is 0.00983. The highest BCUT2D eigenvalue weighted by atomic mass is 35.5. The van der Waals surface area contributed by atoms with Gasteiger partial charge < -0.3 is 5.32 Å². The van der Waals surface area contributed by atoms with Crippen LogP contribution in [0.15, 0.2) is 42.5 Å². The molecule has 0 radical (unpaired) electrons. The second-order valence-electron chi connectivity index (χ2n) is 5.10. The zero-order valence-electron chi connectivity index (χ0n) is 11.4. The van der Waals surface area contributed by atoms with Crippen LogP contribution in [0.3, 0.4) is 0 Å². The highest BCUT2D eigenvalue weighted by Gasteiger charge is 2.31. The zero-order valence-corrected chi connectivity index (χ0v) is 12.9. The summed E-state index contributed by atoms with van der Waals surface area (Å²) in [5.41, 5.74) is 2.72. The lowest BCUT2D eigenvalue weighted by Gasteiger charge is -2.19. The highest BCUT2D eigenvalue weighted by Crippen LogP contribution is 2.34. The Morgan fingerprint density at radius 1 is 1.14 bits per heavy atom. The largest absolute Gasteiger partial charge is 0.324 e. The van der Waals surface area contributed by atoms with Crippen LogP contribution in [0.1, 0.15) is 30.1 Å². The first-order valence-corrected chi connectivity index (χ1v) is 7.42. The first-order chi connectivity index (χ1) is 10.0. The van der Waals surface area contributed by atoms with E-state index in [4.69, 9.17) is 23.2 Å². The SMILES string of the molecule is CC(NC1C(=O)Nc2ccc(Cl)cc21)c1cccc(Cl)c1. The number of hydrogen-bond acceptors (Lipinski definition) is 2. The van der Waals surface area contributed by atoms with Gasteiger partial charge in [0.25, 0.3) is 0 Å². The predicted molar refractivity (Wildman–Crippen MR) is 85.8 cm³/mol. The molecular formula is C16H14Cl2N2O. The number of fused-ring (bicyclic) bond motifs is 1. The molecule has 2 N–H and O–H groups in total. The van der Waals surface area contributed by atoms with Crippen molar-refractivity contribution in [1.82, 2.24) is 5.32 Å². The number of anilines is 1. The predicted octanol–water partition coefficient (Wildman–Crippen LogP) is 4.34. The fourth-order valence-electron chi connectivity index (χ4n) is 2.52. The van der Waals surface area contributed by atoms with Crippen molar-refractivity contribution in [3.63, 3.8) is 0 Å². The molecule has 0 fully saturated rings. The molecule has 2 aromatic carbocycles. The van der Waals surface area contributed by atoms with E-state index in [1.54, 1.807) is 6.07 Å². The van der Waals surface area contributed by atoms with E-state index in [9.17, 15) is 4.79 Å². The average molecular weight is 321 g/mol. The minimum atomic E-state index is -0.410. The van der Waals surface area contributed by atoms with E-state index < -0.39 is 6.04 Å². The Kier molecular flexibility index (Phi) is 3.89. The maximum absolute atomic E-state index is 12.1. The van der Waals surface area contributed by atoms with E-state index >= 15 is 0 Å². The highest BCUT2D eigenvalue weighted by molar-refractivity contribution is 6.31. The monoisotopic (exact) mass is 320 g/mol. The van der Waals surface area contributed by atoms with Gasteiger partial charge in [-0.3, -0.25) is 10.1 Å². The summed E-state index contributed by atoms with van der Waals surface area (Å²) < 4.78 is 0. The van der Waals surface area contributed by atoms with Gasteiger partial charge in [-0.15, -0.1) is 0 Å². The van der Waals surface area contributed by atoms with Crippen molar-refractivity contribution in [3.05, 3.63) is 63.6 Å². The Bertz CT molecular complexity index is 702. The van der Waals surface area contributed by atoms with Gasteiger partial charge in [0.05, 0.1) is 0 Å². The molecule has 0 bridgehead atoms. The van der Waals surface area contributed by atoms with E-state index in [-0.39, 0.29) is 11.9 Å². The second-order valence-corrected chi connectivity index (χ2v) is 5.97. The molecule has 2 unspecified atom stereocenters. The molecule has 1 amide bonds. The number of hydrogen-bond donors (Lipinski definition) is 2. The Labute approximate surface area is 133 Å². The third-order valence-electron chi connectivity index (χ3n) is 3.61. The topological polar surface area (TPSA) is 41.1 Å². The Balaban J connectivity index is 1.85. The first-order valence-electron chi connectivity index (χ1n) is 6.66. The van der Waals surface area contributed by atoms with Crippen molar-refractivity contribution in [1.29, 1.82) is 0 Å². The van der Waals surface area contributed by atoms with Crippen LogP contribution >= 0.6 is 23.2 Å². The van der Waals surface area contributed by atoms with E-state index in [2.05, 4.69) is 10.6 Å². The van der Waals surface area contributed by atoms with Crippen LogP contribution in [0.25, 0.3) is 0 Å². The van der Waals surface area contributed by atoms with Gasteiger partial charge in [0.2, 0.25) is 5.91 Å². The van der Waals surface area contributed by atoms with E-state index in [0.29, 0.717) is 10.0 Å². The van der Waals surface area contributed by atoms with Gasteiger partial charge in [0.15, 0.2) is 0 Å². The molecule has 1 aliphatic rings. The van der Waals surface area contributed by atoms with Gasteiger partial charge in [0, 0.05) is 27.3 Å². The van der Waals surface area contributed by atoms with Gasteiger partial charge in [-0.25, -0.2) is 0 Å². The van der Waals surface area contributed by atoms with Crippen LogP contribution in [-0.4, -0.2) is 5.91 Å². The third kappa shape index (κ3) is 2.91. The van der Waals surface area contributed by atoms with Crippen molar-refractivity contribution < 1.29 is 4.79 Å². The van der Waals surface area contributed by atoms with Crippen molar-refractivity contribution in [2.75, 3.05) is 5.32 Å². The smallest absolute Gasteiger partial charge is 0.246 e. The molecule has 3 rings (SSSR count). The molecule has 1 aliphatic heterocycles. The summed E-state index contributed by atoms with van der Waals surface area (Å²) in [6.07, 6.45) is 0. The molecule has 2 atom stereocenters. The van der Waals surface area contributed by atoms with Crippen LogP contribution in [0.5, 0.6) is 0 Å². The molecule has 108 valence electrons. The fourth-order valence-corrected chi connectivity index (χ4v) is 2.90. The normalized spacial score (nSPS) is 18.2. The zero-order chi connectivity index (χ0) is 15.0. The van der Waals surface area contributed by atoms with Crippen LogP contribution in [0, 0.1) is 0 Å². The van der Waals surface area contributed by atoms with Crippen molar-refractivity contribution >= 4 is 34.8 Å². The lowest BCUT2D eigenvalue weighted by atomic mass is 10.0. The van der Waals surface area contributed by atoms with E-state index in [1.165, 1.54) is 0 Å². The van der Waals surface area contributed by atoms with Crippen LogP contribution in [0.4, 0.5) is 5.69 Å². The standard InChI is InChI=1S/C16H14Cl2N2O/c1-9(10-3-2-4-11(17)7-10)19-15-13-8-12(18)5-6-14(13)20-16(15)21/h2-9,15,19H,1H3,(H,20,21). The third-order valence-corrected chi connectivity index (χ3v) is 4.08. The van der Waals surface area contributed by atoms with Crippen molar-refractivity contribution in [2.45, 2.75) is 19.0 Å². The van der Waals surface area contributed by atoms with Gasteiger partial charge in [-0.05, 0) is 42.8 Å². The number of amides is 1. The first kappa shape index (κ1) is 14.4. The fraction of sp³-hybridized carbons (Fsp3) is 0.188. The summed E-state index contributed by atoms with van der Waals surface area (Å²) in [7, 11) is 0. The Hall–Kier alpha value is -1.55. The molecular weight excluding hydrogens is 307 g/mol. The molecule has 0 spiro atoms. The summed E-state index contributed by atoms with van der Waals surface area (Å²) in [6.45, 7) is 2.00. The molecule has 0 aromatic heterocycles. The summed E-state index contributed by atoms with van der Waals surface area (Å²) in [6, 6.07) is 12.6. The van der Waals surface area contributed by atoms with Crippen LogP contribution in [-0.2, 0) is 4.79 Å². The number of carbonyl (C=O) groups excluding carboxylic acids is 1. The molecule has 1 heterocycles. The summed E-state index contributed by atoms with van der Waals surface area (Å²) in [5, 5.41) is 7.48. The second kappa shape index (κ2) is 5.68. The lowest BCUT2D eigenvalue weighted by Crippen LogP contribution is -2.29. The van der Waals surface area contributed by atoms with Gasteiger partial charge >= 0.3 is 0 Å². The van der Waals surface area contributed by atoms with E-state index in [0.717, 1.165) is 16.8 Å². The number of carbonyl (C=O) groups is 1. The number of rotatable bonds is 3. The molecule has 2 aromatic rings. The maximum atomic E-state index is 12.1. The Morgan fingerprint density at radius 3 is 2.67 bits per heavy atom. The lowest BCUT2D eigenvalue weighted by molar-refractivity contribution is -0.117. The molecule has 21 heavy (non-hydrogen) atoms. The molecule has 0 saturated heterocycles. The molecule has 0 aliphatic carbocycles. The van der Waals surface area contributed by atoms with Crippen LogP contribution < -0.4 is 10.6 Å². The summed E-state index contributed by atoms with van der Waals surface area (Å²) in [5.74, 6) is -0.0684. The van der Waals surface area contributed by atoms with Crippen LogP contribution in [0.2, 0.25) is 10.0 Å². The Morgan fingerprint density at radius 2 is 1.90 bits per heavy atom. The molecule has 3 nitrogen and oxygen atoms in total. The molecule has 0 saturated carbocycles. The maximum Gasteiger partial charge on any atom is 0.246 e. The summed E-state index contributed by atoms with van der Waals surface area (Å²) >= 11 is 12.0.